The van der Waals surface area contributed by atoms with Gasteiger partial charge in [0.15, 0.2) is 17.3 Å². The van der Waals surface area contributed by atoms with Gasteiger partial charge in [0.05, 0.1) is 5.69 Å². The third-order valence-electron chi connectivity index (χ3n) is 2.39. The van der Waals surface area contributed by atoms with Gasteiger partial charge >= 0.3 is 6.09 Å². The topological polar surface area (TPSA) is 129 Å². The zero-order valence-corrected chi connectivity index (χ0v) is 9.87. The first-order valence-corrected chi connectivity index (χ1v) is 5.17. The maximum atomic E-state index is 13.1. The smallest absolute Gasteiger partial charge is 0.417 e. The molecule has 0 aliphatic carbocycles. The van der Waals surface area contributed by atoms with Crippen LogP contribution < -0.4 is 16.1 Å². The number of aromatic nitrogens is 2. The third-order valence-corrected chi connectivity index (χ3v) is 2.39. The van der Waals surface area contributed by atoms with E-state index in [0.29, 0.717) is 4.90 Å². The predicted octanol–water partition coefficient (Wildman–Crippen LogP) is 0.0947. The van der Waals surface area contributed by atoms with Gasteiger partial charge in [-0.1, -0.05) is 5.46 Å². The molecule has 2 rings (SSSR count). The molecule has 1 aromatic heterocycles. The number of carboxylic acid groups (broad SMARTS) is 1. The molecule has 8 nitrogen and oxygen atoms in total. The Kier molecular flexibility index (Phi) is 3.38. The normalized spacial score (nSPS) is 10.2. The molecule has 1 aromatic carbocycles. The average molecular weight is 275 g/mol. The Labute approximate surface area is 112 Å². The van der Waals surface area contributed by atoms with Crippen molar-refractivity contribution in [2.75, 3.05) is 10.6 Å². The van der Waals surface area contributed by atoms with Crippen molar-refractivity contribution in [3.63, 3.8) is 0 Å². The highest BCUT2D eigenvalue weighted by Crippen LogP contribution is 2.18. The second kappa shape index (κ2) is 5.00. The zero-order valence-electron chi connectivity index (χ0n) is 9.87. The van der Waals surface area contributed by atoms with E-state index in [1.807, 2.05) is 0 Å². The Morgan fingerprint density at radius 2 is 2.20 bits per heavy atom. The van der Waals surface area contributed by atoms with Gasteiger partial charge in [-0.15, -0.1) is 0 Å². The number of amides is 1. The van der Waals surface area contributed by atoms with Crippen molar-refractivity contribution in [3.8, 4) is 0 Å². The van der Waals surface area contributed by atoms with E-state index in [2.05, 4.69) is 14.9 Å². The molecule has 0 bridgehead atoms. The van der Waals surface area contributed by atoms with E-state index in [1.54, 1.807) is 0 Å². The van der Waals surface area contributed by atoms with Crippen LogP contribution in [0.2, 0.25) is 0 Å². The molecule has 0 spiro atoms. The average Bonchev–Trinajstić information content (AvgIpc) is 2.79. The molecule has 0 aliphatic heterocycles. The Balaban J connectivity index is 2.46. The molecular weight excluding hydrogens is 268 g/mol. The number of hydrogen-bond acceptors (Lipinski definition) is 6. The molecule has 100 valence electrons. The number of rotatable bonds is 2. The molecule has 0 unspecified atom stereocenters. The van der Waals surface area contributed by atoms with E-state index in [-0.39, 0.29) is 22.7 Å². The molecule has 4 N–H and O–H groups in total. The van der Waals surface area contributed by atoms with Crippen LogP contribution in [0.25, 0.3) is 0 Å². The highest BCUT2D eigenvalue weighted by Gasteiger charge is 2.26. The summed E-state index contributed by atoms with van der Waals surface area (Å²) in [5.74, 6) is -1.54. The standard InChI is InChI=1S/C10H7BFN5O3/c11-5-3-4(1-2-6(5)12)17(10(18)19)9(14)7-8(13)16-20-15-7/h1-3,14H,(H2,13,16)(H,18,19). The van der Waals surface area contributed by atoms with Crippen LogP contribution in [0.5, 0.6) is 0 Å². The molecule has 2 radical (unpaired) electrons. The summed E-state index contributed by atoms with van der Waals surface area (Å²) in [6, 6.07) is 3.21. The zero-order chi connectivity index (χ0) is 14.9. The lowest BCUT2D eigenvalue weighted by atomic mass is 9.95. The van der Waals surface area contributed by atoms with Gasteiger partial charge in [-0.3, -0.25) is 5.41 Å². The number of amidine groups is 1. The van der Waals surface area contributed by atoms with Gasteiger partial charge in [-0.25, -0.2) is 18.7 Å². The Morgan fingerprint density at radius 1 is 1.50 bits per heavy atom. The van der Waals surface area contributed by atoms with Crippen LogP contribution in [0, 0.1) is 11.2 Å². The van der Waals surface area contributed by atoms with E-state index in [4.69, 9.17) is 19.0 Å². The van der Waals surface area contributed by atoms with Crippen LogP contribution in [0.1, 0.15) is 5.69 Å². The fraction of sp³-hybridized carbons (Fsp3) is 0. The monoisotopic (exact) mass is 275 g/mol. The van der Waals surface area contributed by atoms with E-state index in [1.165, 1.54) is 0 Å². The number of halogens is 1. The predicted molar refractivity (Wildman–Crippen MR) is 67.8 cm³/mol. The number of anilines is 2. The highest BCUT2D eigenvalue weighted by molar-refractivity contribution is 6.33. The third kappa shape index (κ3) is 2.30. The molecule has 0 aliphatic rings. The van der Waals surface area contributed by atoms with Gasteiger partial charge in [-0.2, -0.15) is 0 Å². The van der Waals surface area contributed by atoms with Crippen LogP contribution >= 0.6 is 0 Å². The first-order valence-electron chi connectivity index (χ1n) is 5.17. The van der Waals surface area contributed by atoms with Crippen molar-refractivity contribution in [2.45, 2.75) is 0 Å². The fourth-order valence-corrected chi connectivity index (χ4v) is 1.47. The summed E-state index contributed by atoms with van der Waals surface area (Å²) in [4.78, 5) is 11.8. The lowest BCUT2D eigenvalue weighted by molar-refractivity contribution is 0.205. The highest BCUT2D eigenvalue weighted by atomic mass is 19.1. The molecule has 0 saturated carbocycles. The molecular formula is C10H7BFN5O3. The lowest BCUT2D eigenvalue weighted by Crippen LogP contribution is -2.37. The largest absolute Gasteiger partial charge is 0.464 e. The SMILES string of the molecule is [B]c1cc(N(C(=N)c2nonc2N)C(=O)O)ccc1F. The second-order valence-corrected chi connectivity index (χ2v) is 3.67. The minimum absolute atomic E-state index is 0.0381. The van der Waals surface area contributed by atoms with Gasteiger partial charge in [-0.05, 0) is 28.5 Å². The fourth-order valence-electron chi connectivity index (χ4n) is 1.47. The number of nitrogen functional groups attached to an aromatic ring is 1. The number of nitrogens with one attached hydrogen (secondary N) is 1. The molecule has 10 heteroatoms. The van der Waals surface area contributed by atoms with Gasteiger partial charge in [0.2, 0.25) is 0 Å². The summed E-state index contributed by atoms with van der Waals surface area (Å²) in [5, 5.41) is 23.6. The van der Waals surface area contributed by atoms with Gasteiger partial charge in [0.1, 0.15) is 13.7 Å². The summed E-state index contributed by atoms with van der Waals surface area (Å²) < 4.78 is 17.4. The minimum Gasteiger partial charge on any atom is -0.464 e. The van der Waals surface area contributed by atoms with Crippen molar-refractivity contribution in [2.24, 2.45) is 0 Å². The molecule has 0 atom stereocenters. The maximum absolute atomic E-state index is 13.1. The molecule has 2 aromatic rings. The summed E-state index contributed by atoms with van der Waals surface area (Å²) in [6.07, 6.45) is -1.50. The molecule has 20 heavy (non-hydrogen) atoms. The number of nitrogens with two attached hydrogens (primary N) is 1. The van der Waals surface area contributed by atoms with E-state index in [0.717, 1.165) is 18.2 Å². The van der Waals surface area contributed by atoms with Crippen LogP contribution in [0.3, 0.4) is 0 Å². The van der Waals surface area contributed by atoms with E-state index in [9.17, 15) is 14.3 Å². The van der Waals surface area contributed by atoms with Crippen LogP contribution in [-0.4, -0.2) is 35.2 Å². The molecule has 1 heterocycles. The Morgan fingerprint density at radius 3 is 2.70 bits per heavy atom. The van der Waals surface area contributed by atoms with E-state index >= 15 is 0 Å². The quantitative estimate of drug-likeness (QED) is 0.404. The van der Waals surface area contributed by atoms with Crippen LogP contribution in [0.4, 0.5) is 20.7 Å². The second-order valence-electron chi connectivity index (χ2n) is 3.67. The number of benzene rings is 1. The number of nitrogens with zero attached hydrogens (tertiary/aromatic N) is 3. The molecule has 0 saturated heterocycles. The van der Waals surface area contributed by atoms with Gasteiger partial charge in [0, 0.05) is 0 Å². The van der Waals surface area contributed by atoms with Gasteiger partial charge < -0.3 is 10.8 Å². The first-order chi connectivity index (χ1) is 9.41. The minimum atomic E-state index is -1.50. The summed E-state index contributed by atoms with van der Waals surface area (Å²) in [6.45, 7) is 0. The van der Waals surface area contributed by atoms with Crippen molar-refractivity contribution in [3.05, 3.63) is 29.7 Å². The summed E-state index contributed by atoms with van der Waals surface area (Å²) in [7, 11) is 5.37. The van der Waals surface area contributed by atoms with Gasteiger partial charge in [0.25, 0.3) is 0 Å². The summed E-state index contributed by atoms with van der Waals surface area (Å²) in [5.41, 5.74) is 4.85. The number of carbonyl (C=O) groups is 1. The maximum Gasteiger partial charge on any atom is 0.417 e. The van der Waals surface area contributed by atoms with Crippen molar-refractivity contribution < 1.29 is 18.9 Å². The number of hydrogen-bond donors (Lipinski definition) is 3. The van der Waals surface area contributed by atoms with Crippen molar-refractivity contribution >= 4 is 36.7 Å². The lowest BCUT2D eigenvalue weighted by Gasteiger charge is -2.19. The summed E-state index contributed by atoms with van der Waals surface area (Å²) >= 11 is 0. The van der Waals surface area contributed by atoms with Crippen molar-refractivity contribution in [1.29, 1.82) is 5.41 Å². The molecule has 1 amide bonds. The van der Waals surface area contributed by atoms with Crippen LogP contribution in [-0.2, 0) is 0 Å². The Bertz CT molecular complexity index is 689. The Hall–Kier alpha value is -2.91. The molecule has 0 fully saturated rings. The van der Waals surface area contributed by atoms with E-state index < -0.39 is 17.7 Å². The van der Waals surface area contributed by atoms with Crippen LogP contribution in [0.15, 0.2) is 22.8 Å². The van der Waals surface area contributed by atoms with Crippen molar-refractivity contribution in [1.82, 2.24) is 10.3 Å². The first kappa shape index (κ1) is 13.5.